The van der Waals surface area contributed by atoms with E-state index < -0.39 is 42.8 Å². The predicted octanol–water partition coefficient (Wildman–Crippen LogP) is -3.79. The van der Waals surface area contributed by atoms with E-state index in [4.69, 9.17) is 9.84 Å². The second kappa shape index (κ2) is 8.55. The Labute approximate surface area is 170 Å². The summed E-state index contributed by atoms with van der Waals surface area (Å²) < 4.78 is 7.15. The summed E-state index contributed by atoms with van der Waals surface area (Å²) in [6, 6.07) is 0. The standard InChI is InChI=1S/C17H26N6O7/c24-6-9(26)5-21-1-3-22(4-2-21)17-20-11-14(18-8-19-15(11)29)23(17)16-13(28)12(27)10(7-25)30-16/h8-10,12-13,16,24-28H,1-7H2,(H,18,19,29)/t9-,10-,12+,13-,16+/m0/s1. The molecule has 2 aliphatic rings. The molecule has 0 unspecified atom stereocenters. The summed E-state index contributed by atoms with van der Waals surface area (Å²) in [7, 11) is 0. The molecule has 2 aliphatic heterocycles. The minimum absolute atomic E-state index is 0.0726. The number of ether oxygens (including phenoxy) is 1. The van der Waals surface area contributed by atoms with Crippen molar-refractivity contribution in [3.8, 4) is 0 Å². The second-order valence-electron chi connectivity index (χ2n) is 7.54. The monoisotopic (exact) mass is 426 g/mol. The zero-order valence-electron chi connectivity index (χ0n) is 16.2. The minimum Gasteiger partial charge on any atom is -0.394 e. The third kappa shape index (κ3) is 3.69. The Bertz CT molecular complexity index is 927. The Balaban J connectivity index is 1.67. The molecule has 4 rings (SSSR count). The number of anilines is 1. The highest BCUT2D eigenvalue weighted by atomic mass is 16.6. The van der Waals surface area contributed by atoms with Gasteiger partial charge in [-0.25, -0.2) is 9.97 Å². The highest BCUT2D eigenvalue weighted by Crippen LogP contribution is 2.35. The zero-order chi connectivity index (χ0) is 21.4. The third-order valence-electron chi connectivity index (χ3n) is 5.57. The first-order chi connectivity index (χ1) is 14.4. The lowest BCUT2D eigenvalue weighted by molar-refractivity contribution is -0.0505. The fraction of sp³-hybridized carbons (Fsp3) is 0.706. The van der Waals surface area contributed by atoms with E-state index in [1.807, 2.05) is 9.80 Å². The number of nitrogens with one attached hydrogen (secondary N) is 1. The fourth-order valence-corrected chi connectivity index (χ4v) is 3.95. The van der Waals surface area contributed by atoms with E-state index in [1.54, 1.807) is 0 Å². The van der Waals surface area contributed by atoms with Gasteiger partial charge in [0.1, 0.15) is 18.3 Å². The lowest BCUT2D eigenvalue weighted by atomic mass is 10.1. The fourth-order valence-electron chi connectivity index (χ4n) is 3.95. The average Bonchev–Trinajstić information content (AvgIpc) is 3.27. The number of aromatic nitrogens is 4. The molecule has 2 aromatic rings. The van der Waals surface area contributed by atoms with Crippen LogP contribution in [0.4, 0.5) is 5.95 Å². The summed E-state index contributed by atoms with van der Waals surface area (Å²) in [6.07, 6.45) is -4.30. The van der Waals surface area contributed by atoms with Gasteiger partial charge in [-0.15, -0.1) is 0 Å². The number of aliphatic hydroxyl groups is 5. The maximum absolute atomic E-state index is 12.3. The number of H-pyrrole nitrogens is 1. The lowest BCUT2D eigenvalue weighted by Crippen LogP contribution is -2.50. The predicted molar refractivity (Wildman–Crippen MR) is 103 cm³/mol. The summed E-state index contributed by atoms with van der Waals surface area (Å²) in [5.74, 6) is 0.353. The molecule has 0 aliphatic carbocycles. The zero-order valence-corrected chi connectivity index (χ0v) is 16.2. The molecule has 13 nitrogen and oxygen atoms in total. The van der Waals surface area contributed by atoms with Crippen LogP contribution in [0.3, 0.4) is 0 Å². The topological polar surface area (TPSA) is 180 Å². The van der Waals surface area contributed by atoms with Gasteiger partial charge in [0, 0.05) is 32.7 Å². The van der Waals surface area contributed by atoms with Crippen LogP contribution < -0.4 is 10.5 Å². The summed E-state index contributed by atoms with van der Waals surface area (Å²) in [4.78, 5) is 27.3. The van der Waals surface area contributed by atoms with Crippen LogP contribution in [-0.2, 0) is 4.74 Å². The molecule has 6 N–H and O–H groups in total. The number of nitrogens with zero attached hydrogens (tertiary/aromatic N) is 5. The van der Waals surface area contributed by atoms with Crippen LogP contribution >= 0.6 is 0 Å². The van der Waals surface area contributed by atoms with E-state index in [0.29, 0.717) is 38.7 Å². The third-order valence-corrected chi connectivity index (χ3v) is 5.57. The van der Waals surface area contributed by atoms with Crippen molar-refractivity contribution in [2.75, 3.05) is 50.8 Å². The van der Waals surface area contributed by atoms with Crippen molar-refractivity contribution in [1.29, 1.82) is 0 Å². The van der Waals surface area contributed by atoms with Crippen LogP contribution in [0, 0.1) is 0 Å². The second-order valence-corrected chi connectivity index (χ2v) is 7.54. The molecule has 2 fully saturated rings. The molecule has 0 saturated carbocycles. The number of hydrogen-bond acceptors (Lipinski definition) is 11. The van der Waals surface area contributed by atoms with E-state index in [9.17, 15) is 25.2 Å². The van der Waals surface area contributed by atoms with E-state index in [0.717, 1.165) is 0 Å². The summed E-state index contributed by atoms with van der Waals surface area (Å²) >= 11 is 0. The largest absolute Gasteiger partial charge is 0.394 e. The molecular formula is C17H26N6O7. The number of hydrogen-bond donors (Lipinski definition) is 6. The maximum atomic E-state index is 12.3. The molecule has 2 aromatic heterocycles. The first kappa shape index (κ1) is 21.1. The molecule has 13 heteroatoms. The smallest absolute Gasteiger partial charge is 0.278 e. The molecule has 166 valence electrons. The number of β-amino-alcohol motifs (C(OH)–C–C–N with tert-alkyl or cyclic N) is 1. The van der Waals surface area contributed by atoms with Gasteiger partial charge in [-0.1, -0.05) is 0 Å². The number of aromatic amines is 1. The van der Waals surface area contributed by atoms with Crippen LogP contribution in [0.15, 0.2) is 11.1 Å². The first-order valence-electron chi connectivity index (χ1n) is 9.79. The molecule has 2 saturated heterocycles. The van der Waals surface area contributed by atoms with Crippen molar-refractivity contribution in [3.63, 3.8) is 0 Å². The van der Waals surface area contributed by atoms with Gasteiger partial charge in [0.15, 0.2) is 17.4 Å². The Morgan fingerprint density at radius 1 is 1.20 bits per heavy atom. The Kier molecular flexibility index (Phi) is 6.02. The van der Waals surface area contributed by atoms with Gasteiger partial charge in [0.05, 0.1) is 25.6 Å². The van der Waals surface area contributed by atoms with Crippen molar-refractivity contribution >= 4 is 17.1 Å². The van der Waals surface area contributed by atoms with Crippen molar-refractivity contribution in [2.45, 2.75) is 30.6 Å². The Hall–Kier alpha value is -2.13. The number of piperazine rings is 1. The average molecular weight is 426 g/mol. The van der Waals surface area contributed by atoms with Crippen LogP contribution in [0.2, 0.25) is 0 Å². The number of imidazole rings is 1. The van der Waals surface area contributed by atoms with Crippen LogP contribution in [0.5, 0.6) is 0 Å². The number of fused-ring (bicyclic) bond motifs is 1. The van der Waals surface area contributed by atoms with Gasteiger partial charge in [-0.2, -0.15) is 0 Å². The Morgan fingerprint density at radius 2 is 1.93 bits per heavy atom. The quantitative estimate of drug-likeness (QED) is 0.267. The van der Waals surface area contributed by atoms with Gasteiger partial charge < -0.3 is 40.2 Å². The van der Waals surface area contributed by atoms with Crippen LogP contribution in [0.25, 0.3) is 11.2 Å². The summed E-state index contributed by atoms with van der Waals surface area (Å²) in [5.41, 5.74) is -0.179. The van der Waals surface area contributed by atoms with Gasteiger partial charge in [0.25, 0.3) is 5.56 Å². The maximum Gasteiger partial charge on any atom is 0.278 e. The highest BCUT2D eigenvalue weighted by molar-refractivity contribution is 5.74. The van der Waals surface area contributed by atoms with E-state index >= 15 is 0 Å². The van der Waals surface area contributed by atoms with Gasteiger partial charge in [-0.05, 0) is 0 Å². The number of rotatable bonds is 6. The summed E-state index contributed by atoms with van der Waals surface area (Å²) in [6.45, 7) is 1.74. The highest BCUT2D eigenvalue weighted by Gasteiger charge is 2.45. The van der Waals surface area contributed by atoms with Crippen molar-refractivity contribution in [1.82, 2.24) is 24.4 Å². The summed E-state index contributed by atoms with van der Waals surface area (Å²) in [5, 5.41) is 48.8. The minimum atomic E-state index is -1.35. The van der Waals surface area contributed by atoms with Crippen molar-refractivity contribution in [2.24, 2.45) is 0 Å². The van der Waals surface area contributed by atoms with E-state index in [2.05, 4.69) is 15.0 Å². The Morgan fingerprint density at radius 3 is 2.57 bits per heavy atom. The van der Waals surface area contributed by atoms with Crippen molar-refractivity contribution in [3.05, 3.63) is 16.7 Å². The van der Waals surface area contributed by atoms with Gasteiger partial charge >= 0.3 is 0 Å². The van der Waals surface area contributed by atoms with Crippen molar-refractivity contribution < 1.29 is 30.3 Å². The first-order valence-corrected chi connectivity index (χ1v) is 9.79. The molecule has 4 heterocycles. The van der Waals surface area contributed by atoms with E-state index in [-0.39, 0.29) is 17.8 Å². The van der Waals surface area contributed by atoms with Crippen LogP contribution in [0.1, 0.15) is 6.23 Å². The molecule has 0 spiro atoms. The molecule has 0 bridgehead atoms. The molecule has 0 aromatic carbocycles. The molecule has 5 atom stereocenters. The molecule has 0 amide bonds. The molecular weight excluding hydrogens is 400 g/mol. The van der Waals surface area contributed by atoms with Gasteiger partial charge in [-0.3, -0.25) is 14.3 Å². The number of aliphatic hydroxyl groups excluding tert-OH is 5. The normalized spacial score (nSPS) is 29.0. The molecule has 30 heavy (non-hydrogen) atoms. The SMILES string of the molecule is O=c1[nH]cnc2c1nc(N1CCN(C[C@H](O)CO)CC1)n2[C@@H]1O[C@@H](CO)[C@@H](O)[C@@H]1O. The molecule has 0 radical (unpaired) electrons. The van der Waals surface area contributed by atoms with Crippen LogP contribution in [-0.4, -0.2) is 120 Å². The van der Waals surface area contributed by atoms with E-state index in [1.165, 1.54) is 10.9 Å². The van der Waals surface area contributed by atoms with Gasteiger partial charge in [0.2, 0.25) is 5.95 Å². The lowest BCUT2D eigenvalue weighted by Gasteiger charge is -2.36.